The molecule has 5 heteroatoms. The fourth-order valence-electron chi connectivity index (χ4n) is 1.90. The van der Waals surface area contributed by atoms with Crippen molar-refractivity contribution >= 4 is 11.9 Å². The second kappa shape index (κ2) is 6.93. The highest BCUT2D eigenvalue weighted by atomic mass is 16.4. The Labute approximate surface area is 118 Å². The van der Waals surface area contributed by atoms with Crippen LogP contribution in [0.2, 0.25) is 0 Å². The molecule has 0 unspecified atom stereocenters. The van der Waals surface area contributed by atoms with Crippen LogP contribution in [0.1, 0.15) is 42.6 Å². The summed E-state index contributed by atoms with van der Waals surface area (Å²) in [4.78, 5) is 24.5. The first kappa shape index (κ1) is 16.0. The van der Waals surface area contributed by atoms with Crippen LogP contribution in [-0.2, 0) is 4.79 Å². The lowest BCUT2D eigenvalue weighted by atomic mass is 10.1. The number of hydrogen-bond acceptors (Lipinski definition) is 3. The van der Waals surface area contributed by atoms with Crippen molar-refractivity contribution < 1.29 is 19.8 Å². The third-order valence-electron chi connectivity index (χ3n) is 3.13. The van der Waals surface area contributed by atoms with Crippen molar-refractivity contribution in [1.82, 2.24) is 4.90 Å². The van der Waals surface area contributed by atoms with Crippen molar-refractivity contribution in [3.8, 4) is 5.75 Å². The summed E-state index contributed by atoms with van der Waals surface area (Å²) in [6, 6.07) is 4.78. The Kier molecular flexibility index (Phi) is 5.55. The number of nitrogens with zero attached hydrogens (tertiary/aromatic N) is 1. The third kappa shape index (κ3) is 4.26. The highest BCUT2D eigenvalue weighted by Gasteiger charge is 2.19. The maximum atomic E-state index is 12.4. The van der Waals surface area contributed by atoms with Crippen molar-refractivity contribution in [1.29, 1.82) is 0 Å². The summed E-state index contributed by atoms with van der Waals surface area (Å²) < 4.78 is 0. The first-order valence-corrected chi connectivity index (χ1v) is 6.65. The third-order valence-corrected chi connectivity index (χ3v) is 3.13. The predicted octanol–water partition coefficient (Wildman–Crippen LogP) is 2.42. The Balaban J connectivity index is 2.82. The zero-order valence-electron chi connectivity index (χ0n) is 12.1. The molecule has 0 fully saturated rings. The lowest BCUT2D eigenvalue weighted by molar-refractivity contribution is -0.137. The summed E-state index contributed by atoms with van der Waals surface area (Å²) in [5.74, 6) is -0.972. The first-order chi connectivity index (χ1) is 9.32. The number of carboxylic acids is 1. The minimum atomic E-state index is -0.867. The molecule has 0 aromatic heterocycles. The standard InChI is InChI=1S/C15H21NO4/c1-10(2)16(8-4-5-14(18)19)15(20)12-7-6-11(3)13(17)9-12/h6-7,9-10,17H,4-5,8H2,1-3H3,(H,18,19). The number of phenols is 1. The van der Waals surface area contributed by atoms with Gasteiger partial charge in [0.1, 0.15) is 5.75 Å². The van der Waals surface area contributed by atoms with Crippen molar-refractivity contribution in [3.63, 3.8) is 0 Å². The van der Waals surface area contributed by atoms with Gasteiger partial charge in [-0.2, -0.15) is 0 Å². The van der Waals surface area contributed by atoms with Crippen molar-refractivity contribution in [3.05, 3.63) is 29.3 Å². The van der Waals surface area contributed by atoms with Gasteiger partial charge in [-0.15, -0.1) is 0 Å². The van der Waals surface area contributed by atoms with Crippen LogP contribution < -0.4 is 0 Å². The summed E-state index contributed by atoms with van der Waals surface area (Å²) in [5.41, 5.74) is 1.13. The van der Waals surface area contributed by atoms with Gasteiger partial charge in [0, 0.05) is 24.6 Å². The molecule has 5 nitrogen and oxygen atoms in total. The molecule has 0 aliphatic carbocycles. The van der Waals surface area contributed by atoms with Crippen LogP contribution in [-0.4, -0.2) is 39.6 Å². The SMILES string of the molecule is Cc1ccc(C(=O)N(CCCC(=O)O)C(C)C)cc1O. The van der Waals surface area contributed by atoms with Gasteiger partial charge in [-0.1, -0.05) is 6.07 Å². The number of phenolic OH excluding ortho intramolecular Hbond substituents is 1. The van der Waals surface area contributed by atoms with Gasteiger partial charge in [0.05, 0.1) is 0 Å². The van der Waals surface area contributed by atoms with E-state index in [2.05, 4.69) is 0 Å². The van der Waals surface area contributed by atoms with E-state index in [1.54, 1.807) is 24.0 Å². The zero-order valence-corrected chi connectivity index (χ0v) is 12.1. The minimum absolute atomic E-state index is 0.0280. The molecule has 0 saturated heterocycles. The summed E-state index contributed by atoms with van der Waals surface area (Å²) in [5, 5.41) is 18.3. The monoisotopic (exact) mass is 279 g/mol. The average Bonchev–Trinajstić information content (AvgIpc) is 2.36. The van der Waals surface area contributed by atoms with E-state index in [4.69, 9.17) is 5.11 Å². The van der Waals surface area contributed by atoms with E-state index >= 15 is 0 Å². The number of carbonyl (C=O) groups excluding carboxylic acids is 1. The fraction of sp³-hybridized carbons (Fsp3) is 0.467. The molecular formula is C15H21NO4. The van der Waals surface area contributed by atoms with Gasteiger partial charge in [-0.05, 0) is 44.9 Å². The van der Waals surface area contributed by atoms with E-state index in [1.807, 2.05) is 13.8 Å². The van der Waals surface area contributed by atoms with Gasteiger partial charge in [-0.3, -0.25) is 9.59 Å². The normalized spacial score (nSPS) is 10.6. The van der Waals surface area contributed by atoms with E-state index in [0.717, 1.165) is 0 Å². The van der Waals surface area contributed by atoms with Crippen molar-refractivity contribution in [2.24, 2.45) is 0 Å². The maximum absolute atomic E-state index is 12.4. The molecule has 0 bridgehead atoms. The van der Waals surface area contributed by atoms with Gasteiger partial charge < -0.3 is 15.1 Å². The molecule has 0 aliphatic heterocycles. The number of aryl methyl sites for hydroxylation is 1. The molecule has 110 valence electrons. The van der Waals surface area contributed by atoms with Crippen LogP contribution in [0.15, 0.2) is 18.2 Å². The van der Waals surface area contributed by atoms with Gasteiger partial charge in [0.2, 0.25) is 0 Å². The van der Waals surface area contributed by atoms with Crippen LogP contribution >= 0.6 is 0 Å². The van der Waals surface area contributed by atoms with E-state index in [0.29, 0.717) is 24.1 Å². The molecule has 1 aromatic carbocycles. The van der Waals surface area contributed by atoms with Gasteiger partial charge in [-0.25, -0.2) is 0 Å². The van der Waals surface area contributed by atoms with E-state index in [9.17, 15) is 14.7 Å². The van der Waals surface area contributed by atoms with E-state index in [-0.39, 0.29) is 24.1 Å². The maximum Gasteiger partial charge on any atom is 0.303 e. The minimum Gasteiger partial charge on any atom is -0.508 e. The molecule has 0 spiro atoms. The number of carbonyl (C=O) groups is 2. The summed E-state index contributed by atoms with van der Waals surface area (Å²) in [7, 11) is 0. The molecule has 0 radical (unpaired) electrons. The molecule has 20 heavy (non-hydrogen) atoms. The van der Waals surface area contributed by atoms with Crippen molar-refractivity contribution in [2.45, 2.75) is 39.7 Å². The Bertz CT molecular complexity index is 497. The zero-order chi connectivity index (χ0) is 15.3. The Morgan fingerprint density at radius 3 is 2.45 bits per heavy atom. The largest absolute Gasteiger partial charge is 0.508 e. The summed E-state index contributed by atoms with van der Waals surface area (Å²) in [6.45, 7) is 5.91. The summed E-state index contributed by atoms with van der Waals surface area (Å²) >= 11 is 0. The lowest BCUT2D eigenvalue weighted by Gasteiger charge is -2.26. The Hall–Kier alpha value is -2.04. The molecule has 1 rings (SSSR count). The number of carboxylic acid groups (broad SMARTS) is 1. The average molecular weight is 279 g/mol. The quantitative estimate of drug-likeness (QED) is 0.838. The number of amides is 1. The number of aliphatic carboxylic acids is 1. The highest BCUT2D eigenvalue weighted by Crippen LogP contribution is 2.19. The molecular weight excluding hydrogens is 258 g/mol. The van der Waals surface area contributed by atoms with Gasteiger partial charge >= 0.3 is 5.97 Å². The smallest absolute Gasteiger partial charge is 0.303 e. The van der Waals surface area contributed by atoms with Crippen molar-refractivity contribution in [2.75, 3.05) is 6.54 Å². The topological polar surface area (TPSA) is 77.8 Å². The molecule has 2 N–H and O–H groups in total. The molecule has 1 aromatic rings. The first-order valence-electron chi connectivity index (χ1n) is 6.65. The van der Waals surface area contributed by atoms with Crippen LogP contribution in [0.5, 0.6) is 5.75 Å². The predicted molar refractivity (Wildman–Crippen MR) is 75.9 cm³/mol. The number of aromatic hydroxyl groups is 1. The lowest BCUT2D eigenvalue weighted by Crippen LogP contribution is -2.37. The number of benzene rings is 1. The molecule has 0 heterocycles. The molecule has 0 aliphatic rings. The second-order valence-electron chi connectivity index (χ2n) is 5.09. The second-order valence-corrected chi connectivity index (χ2v) is 5.09. The van der Waals surface area contributed by atoms with Crippen LogP contribution in [0.25, 0.3) is 0 Å². The Morgan fingerprint density at radius 1 is 1.30 bits per heavy atom. The van der Waals surface area contributed by atoms with Crippen LogP contribution in [0, 0.1) is 6.92 Å². The Morgan fingerprint density at radius 2 is 1.95 bits per heavy atom. The van der Waals surface area contributed by atoms with Crippen LogP contribution in [0.4, 0.5) is 0 Å². The number of hydrogen-bond donors (Lipinski definition) is 2. The van der Waals surface area contributed by atoms with E-state index in [1.165, 1.54) is 6.07 Å². The van der Waals surface area contributed by atoms with Gasteiger partial charge in [0.15, 0.2) is 0 Å². The van der Waals surface area contributed by atoms with Gasteiger partial charge in [0.25, 0.3) is 5.91 Å². The molecule has 0 atom stereocenters. The van der Waals surface area contributed by atoms with Crippen LogP contribution in [0.3, 0.4) is 0 Å². The molecule has 0 saturated carbocycles. The summed E-state index contributed by atoms with van der Waals surface area (Å²) in [6.07, 6.45) is 0.451. The molecule has 1 amide bonds. The number of rotatable bonds is 6. The highest BCUT2D eigenvalue weighted by molar-refractivity contribution is 5.95. The fourth-order valence-corrected chi connectivity index (χ4v) is 1.90. The van der Waals surface area contributed by atoms with E-state index < -0.39 is 5.97 Å².